The van der Waals surface area contributed by atoms with Crippen molar-refractivity contribution in [2.75, 3.05) is 58.8 Å². The van der Waals surface area contributed by atoms with Gasteiger partial charge in [0.15, 0.2) is 0 Å². The highest BCUT2D eigenvalue weighted by Crippen LogP contribution is 2.32. The first kappa shape index (κ1) is 26.4. The molecule has 4 rings (SSSR count). The van der Waals surface area contributed by atoms with Crippen molar-refractivity contribution in [2.24, 2.45) is 0 Å². The van der Waals surface area contributed by atoms with Crippen molar-refractivity contribution >= 4 is 11.6 Å². The number of likely N-dealkylation sites (N-methyl/N-ethyl adjacent to an activating group) is 1. The third-order valence-corrected chi connectivity index (χ3v) is 7.00. The summed E-state index contributed by atoms with van der Waals surface area (Å²) in [5.74, 6) is -0.230. The van der Waals surface area contributed by atoms with Crippen molar-refractivity contribution in [1.82, 2.24) is 14.7 Å². The van der Waals surface area contributed by atoms with Gasteiger partial charge in [-0.05, 0) is 55.8 Å². The van der Waals surface area contributed by atoms with E-state index in [0.29, 0.717) is 19.1 Å². The molecule has 0 aliphatic carbocycles. The molecule has 0 aromatic heterocycles. The number of benzene rings is 2. The number of amides is 1. The van der Waals surface area contributed by atoms with E-state index < -0.39 is 11.7 Å². The fraction of sp³-hybridized carbons (Fsp3) is 0.519. The van der Waals surface area contributed by atoms with Gasteiger partial charge in [-0.15, -0.1) is 0 Å². The Labute approximate surface area is 211 Å². The van der Waals surface area contributed by atoms with Crippen LogP contribution >= 0.6 is 0 Å². The third-order valence-electron chi connectivity index (χ3n) is 7.00. The van der Waals surface area contributed by atoms with E-state index in [0.717, 1.165) is 50.9 Å². The largest absolute Gasteiger partial charge is 0.416 e. The first-order valence-electron chi connectivity index (χ1n) is 12.5. The molecule has 0 radical (unpaired) electrons. The van der Waals surface area contributed by atoms with Crippen LogP contribution in [0.4, 0.5) is 18.9 Å². The maximum absolute atomic E-state index is 13.5. The van der Waals surface area contributed by atoms with Crippen LogP contribution in [0.3, 0.4) is 0 Å². The van der Waals surface area contributed by atoms with E-state index in [1.54, 1.807) is 6.07 Å². The van der Waals surface area contributed by atoms with Crippen LogP contribution in [0.15, 0.2) is 42.5 Å². The fourth-order valence-electron chi connectivity index (χ4n) is 4.95. The molecule has 2 aromatic rings. The fourth-order valence-corrected chi connectivity index (χ4v) is 4.95. The van der Waals surface area contributed by atoms with E-state index in [4.69, 9.17) is 4.74 Å². The molecule has 2 aliphatic rings. The van der Waals surface area contributed by atoms with Crippen LogP contribution in [-0.2, 0) is 35.2 Å². The number of rotatable bonds is 9. The molecule has 0 saturated carbocycles. The molecular weight excluding hydrogens is 469 g/mol. The minimum absolute atomic E-state index is 0.0260. The Morgan fingerprint density at radius 3 is 2.67 bits per heavy atom. The predicted molar refractivity (Wildman–Crippen MR) is 134 cm³/mol. The molecule has 6 nitrogen and oxygen atoms in total. The number of ether oxygens (including phenoxy) is 1. The zero-order valence-corrected chi connectivity index (χ0v) is 21.0. The minimum atomic E-state index is -4.47. The van der Waals surface area contributed by atoms with Crippen molar-refractivity contribution < 1.29 is 22.7 Å². The van der Waals surface area contributed by atoms with Gasteiger partial charge in [0.2, 0.25) is 5.91 Å². The van der Waals surface area contributed by atoms with E-state index in [-0.39, 0.29) is 24.6 Å². The Morgan fingerprint density at radius 2 is 1.94 bits per heavy atom. The Bertz CT molecular complexity index is 1040. The summed E-state index contributed by atoms with van der Waals surface area (Å²) in [6, 6.07) is 12.0. The number of alkyl halides is 3. The first-order valence-corrected chi connectivity index (χ1v) is 12.5. The van der Waals surface area contributed by atoms with Gasteiger partial charge in [0.25, 0.3) is 0 Å². The molecule has 2 aliphatic heterocycles. The molecule has 1 unspecified atom stereocenters. The van der Waals surface area contributed by atoms with Gasteiger partial charge in [0.1, 0.15) is 0 Å². The van der Waals surface area contributed by atoms with Crippen molar-refractivity contribution in [3.05, 3.63) is 64.7 Å². The van der Waals surface area contributed by atoms with Gasteiger partial charge in [0, 0.05) is 51.1 Å². The van der Waals surface area contributed by atoms with E-state index in [1.165, 1.54) is 28.2 Å². The van der Waals surface area contributed by atoms with Crippen molar-refractivity contribution in [2.45, 2.75) is 38.1 Å². The normalized spacial score (nSPS) is 18.3. The third kappa shape index (κ3) is 6.57. The first-order chi connectivity index (χ1) is 17.2. The highest BCUT2D eigenvalue weighted by molar-refractivity contribution is 5.81. The van der Waals surface area contributed by atoms with Gasteiger partial charge in [0.05, 0.1) is 18.7 Å². The Balaban J connectivity index is 1.44. The van der Waals surface area contributed by atoms with E-state index in [1.807, 2.05) is 31.1 Å². The van der Waals surface area contributed by atoms with Gasteiger partial charge >= 0.3 is 6.18 Å². The zero-order chi connectivity index (χ0) is 25.7. The maximum atomic E-state index is 13.5. The summed E-state index contributed by atoms with van der Waals surface area (Å²) in [5.41, 5.74) is 2.78. The van der Waals surface area contributed by atoms with Gasteiger partial charge in [-0.3, -0.25) is 9.69 Å². The zero-order valence-electron chi connectivity index (χ0n) is 21.0. The quantitative estimate of drug-likeness (QED) is 0.562. The van der Waals surface area contributed by atoms with E-state index in [9.17, 15) is 18.0 Å². The average Bonchev–Trinajstić information content (AvgIpc) is 3.39. The van der Waals surface area contributed by atoms with Crippen LogP contribution in [0.2, 0.25) is 0 Å². The molecular formula is C27H35F3N4O2. The SMILES string of the molecule is CN(C)CCN(Cc1ccccc1C(F)(F)F)C(=O)CNc1cccc2c1CCN(C1CCOC1)C2. The number of anilines is 1. The Morgan fingerprint density at radius 1 is 1.14 bits per heavy atom. The lowest BCUT2D eigenvalue weighted by molar-refractivity contribution is -0.139. The molecule has 1 atom stereocenters. The minimum Gasteiger partial charge on any atom is -0.380 e. The van der Waals surface area contributed by atoms with Gasteiger partial charge < -0.3 is 19.9 Å². The molecule has 1 fully saturated rings. The molecule has 1 N–H and O–H groups in total. The molecule has 2 aromatic carbocycles. The highest BCUT2D eigenvalue weighted by Gasteiger charge is 2.33. The lowest BCUT2D eigenvalue weighted by atomic mass is 9.96. The second kappa shape index (κ2) is 11.6. The summed E-state index contributed by atoms with van der Waals surface area (Å²) in [4.78, 5) is 19.1. The second-order valence-electron chi connectivity index (χ2n) is 9.81. The lowest BCUT2D eigenvalue weighted by Crippen LogP contribution is -2.40. The molecule has 2 heterocycles. The number of hydrogen-bond donors (Lipinski definition) is 1. The molecule has 36 heavy (non-hydrogen) atoms. The van der Waals surface area contributed by atoms with Gasteiger partial charge in [-0.1, -0.05) is 30.3 Å². The number of halogens is 3. The number of fused-ring (bicyclic) bond motifs is 1. The van der Waals surface area contributed by atoms with Crippen LogP contribution in [0.25, 0.3) is 0 Å². The predicted octanol–water partition coefficient (Wildman–Crippen LogP) is 3.85. The molecule has 0 bridgehead atoms. The number of carbonyl (C=O) groups is 1. The molecule has 0 spiro atoms. The number of carbonyl (C=O) groups excluding carboxylic acids is 1. The summed E-state index contributed by atoms with van der Waals surface area (Å²) < 4.78 is 46.2. The molecule has 1 amide bonds. The van der Waals surface area contributed by atoms with Crippen LogP contribution in [0, 0.1) is 0 Å². The highest BCUT2D eigenvalue weighted by atomic mass is 19.4. The van der Waals surface area contributed by atoms with Crippen molar-refractivity contribution in [3.63, 3.8) is 0 Å². The topological polar surface area (TPSA) is 48.0 Å². The standard InChI is InChI=1S/C27H35F3N4O2/c1-32(2)13-14-34(18-21-6-3-4-8-24(21)27(28,29)30)26(35)16-31-25-9-5-7-20-17-33(12-10-23(20)25)22-11-15-36-19-22/h3-9,22,31H,10-19H2,1-2H3. The molecule has 196 valence electrons. The number of nitrogens with one attached hydrogen (secondary N) is 1. The van der Waals surface area contributed by atoms with Crippen LogP contribution in [0.1, 0.15) is 28.7 Å². The lowest BCUT2D eigenvalue weighted by Gasteiger charge is -2.34. The summed E-state index contributed by atoms with van der Waals surface area (Å²) in [5, 5.41) is 3.29. The van der Waals surface area contributed by atoms with Crippen LogP contribution in [0.5, 0.6) is 0 Å². The average molecular weight is 505 g/mol. The smallest absolute Gasteiger partial charge is 0.380 e. The number of nitrogens with zero attached hydrogens (tertiary/aromatic N) is 3. The monoisotopic (exact) mass is 504 g/mol. The Kier molecular flexibility index (Phi) is 8.54. The van der Waals surface area contributed by atoms with Crippen LogP contribution < -0.4 is 5.32 Å². The van der Waals surface area contributed by atoms with Crippen molar-refractivity contribution in [3.8, 4) is 0 Å². The van der Waals surface area contributed by atoms with Crippen molar-refractivity contribution in [1.29, 1.82) is 0 Å². The van der Waals surface area contributed by atoms with Gasteiger partial charge in [-0.25, -0.2) is 0 Å². The molecule has 1 saturated heterocycles. The summed E-state index contributed by atoms with van der Waals surface area (Å²) in [7, 11) is 3.75. The Hall–Kier alpha value is -2.62. The van der Waals surface area contributed by atoms with E-state index in [2.05, 4.69) is 16.3 Å². The summed E-state index contributed by atoms with van der Waals surface area (Å²) >= 11 is 0. The maximum Gasteiger partial charge on any atom is 0.416 e. The summed E-state index contributed by atoms with van der Waals surface area (Å²) in [6.07, 6.45) is -2.53. The molecule has 9 heteroatoms. The number of hydrogen-bond acceptors (Lipinski definition) is 5. The van der Waals surface area contributed by atoms with Crippen LogP contribution in [-0.4, -0.2) is 80.1 Å². The second-order valence-corrected chi connectivity index (χ2v) is 9.81. The van der Waals surface area contributed by atoms with E-state index >= 15 is 0 Å². The summed E-state index contributed by atoms with van der Waals surface area (Å²) in [6.45, 7) is 4.23. The van der Waals surface area contributed by atoms with Gasteiger partial charge in [-0.2, -0.15) is 13.2 Å².